The monoisotopic (exact) mass is 334 g/mol. The highest BCUT2D eigenvalue weighted by molar-refractivity contribution is 5.71. The van der Waals surface area contributed by atoms with Crippen molar-refractivity contribution >= 4 is 5.97 Å². The normalized spacial score (nSPS) is 14.8. The number of aliphatic carboxylic acids is 1. The van der Waals surface area contributed by atoms with Crippen molar-refractivity contribution < 1.29 is 29.5 Å². The van der Waals surface area contributed by atoms with Gasteiger partial charge in [-0.1, -0.05) is 26.7 Å². The van der Waals surface area contributed by atoms with Gasteiger partial charge < -0.3 is 5.11 Å². The fraction of sp³-hybridized carbons (Fsp3) is 0.941. The number of hydrogen-bond acceptors (Lipinski definition) is 5. The maximum absolute atomic E-state index is 11.8. The van der Waals surface area contributed by atoms with Crippen LogP contribution in [0, 0.1) is 5.92 Å². The summed E-state index contributed by atoms with van der Waals surface area (Å²) in [5.41, 5.74) is -1.20. The lowest BCUT2D eigenvalue weighted by Gasteiger charge is -2.38. The highest BCUT2D eigenvalue weighted by atomic mass is 17.3. The number of carboxylic acid groups (broad SMARTS) is 1. The molecule has 0 spiro atoms. The SMILES string of the molecule is CCCC(C(=O)O)C(CCC)(OOC(C)(C)C)OOC(C)(C)C. The third-order valence-electron chi connectivity index (χ3n) is 2.87. The molecule has 0 aromatic carbocycles. The highest BCUT2D eigenvalue weighted by Gasteiger charge is 2.49. The van der Waals surface area contributed by atoms with E-state index in [1.54, 1.807) is 0 Å². The van der Waals surface area contributed by atoms with Gasteiger partial charge in [0.25, 0.3) is 0 Å². The summed E-state index contributed by atoms with van der Waals surface area (Å²) in [7, 11) is 0. The van der Waals surface area contributed by atoms with E-state index in [-0.39, 0.29) is 0 Å². The molecule has 0 amide bonds. The maximum atomic E-state index is 11.8. The Bertz CT molecular complexity index is 335. The first-order valence-corrected chi connectivity index (χ1v) is 8.33. The van der Waals surface area contributed by atoms with E-state index >= 15 is 0 Å². The van der Waals surface area contributed by atoms with Gasteiger partial charge in [-0.15, -0.1) is 0 Å². The Morgan fingerprint density at radius 1 is 0.870 bits per heavy atom. The van der Waals surface area contributed by atoms with Gasteiger partial charge in [-0.3, -0.25) is 4.79 Å². The van der Waals surface area contributed by atoms with Crippen LogP contribution >= 0.6 is 0 Å². The van der Waals surface area contributed by atoms with Gasteiger partial charge in [0.2, 0.25) is 5.79 Å². The van der Waals surface area contributed by atoms with Gasteiger partial charge in [0.1, 0.15) is 5.92 Å². The summed E-state index contributed by atoms with van der Waals surface area (Å²) >= 11 is 0. The molecule has 1 N–H and O–H groups in total. The second-order valence-corrected chi connectivity index (χ2v) is 7.80. The molecule has 0 aliphatic carbocycles. The number of carbonyl (C=O) groups is 1. The van der Waals surface area contributed by atoms with E-state index in [0.717, 1.165) is 0 Å². The van der Waals surface area contributed by atoms with Gasteiger partial charge >= 0.3 is 5.97 Å². The second-order valence-electron chi connectivity index (χ2n) is 7.80. The summed E-state index contributed by atoms with van der Waals surface area (Å²) in [6.45, 7) is 14.8. The van der Waals surface area contributed by atoms with Gasteiger partial charge in [0.15, 0.2) is 0 Å². The average molecular weight is 334 g/mol. The topological polar surface area (TPSA) is 74.2 Å². The molecule has 0 bridgehead atoms. The zero-order valence-electron chi connectivity index (χ0n) is 15.9. The standard InChI is InChI=1S/C17H34O6/c1-9-11-13(14(18)19)17(12-10-2,22-20-15(3,4)5)23-21-16(6,7)8/h13H,9-12H2,1-8H3,(H,18,19). The zero-order valence-corrected chi connectivity index (χ0v) is 15.9. The summed E-state index contributed by atoms with van der Waals surface area (Å²) in [6.07, 6.45) is 2.08. The van der Waals surface area contributed by atoms with Gasteiger partial charge in [-0.2, -0.15) is 9.78 Å². The molecule has 0 aromatic heterocycles. The van der Waals surface area contributed by atoms with Gasteiger partial charge in [0, 0.05) is 6.42 Å². The van der Waals surface area contributed by atoms with Crippen LogP contribution in [0.15, 0.2) is 0 Å². The van der Waals surface area contributed by atoms with Gasteiger partial charge in [0.05, 0.1) is 11.2 Å². The highest BCUT2D eigenvalue weighted by Crippen LogP contribution is 2.36. The van der Waals surface area contributed by atoms with Crippen LogP contribution in [0.2, 0.25) is 0 Å². The van der Waals surface area contributed by atoms with Crippen LogP contribution in [0.25, 0.3) is 0 Å². The lowest BCUT2D eigenvalue weighted by atomic mass is 9.90. The fourth-order valence-corrected chi connectivity index (χ4v) is 1.95. The van der Waals surface area contributed by atoms with E-state index < -0.39 is 28.9 Å². The average Bonchev–Trinajstić information content (AvgIpc) is 2.37. The second kappa shape index (κ2) is 8.97. The summed E-state index contributed by atoms with van der Waals surface area (Å²) in [6, 6.07) is 0. The molecular weight excluding hydrogens is 300 g/mol. The minimum Gasteiger partial charge on any atom is -0.481 e. The van der Waals surface area contributed by atoms with Crippen LogP contribution in [0.5, 0.6) is 0 Å². The fourth-order valence-electron chi connectivity index (χ4n) is 1.95. The van der Waals surface area contributed by atoms with E-state index in [1.807, 2.05) is 55.4 Å². The molecule has 0 saturated heterocycles. The molecule has 138 valence electrons. The van der Waals surface area contributed by atoms with Crippen molar-refractivity contribution in [2.24, 2.45) is 5.92 Å². The van der Waals surface area contributed by atoms with Crippen molar-refractivity contribution in [1.82, 2.24) is 0 Å². The molecule has 0 saturated carbocycles. The Morgan fingerprint density at radius 3 is 1.57 bits per heavy atom. The van der Waals surface area contributed by atoms with E-state index in [9.17, 15) is 9.90 Å². The molecule has 0 radical (unpaired) electrons. The Kier molecular flexibility index (Phi) is 8.70. The molecule has 6 nitrogen and oxygen atoms in total. The van der Waals surface area contributed by atoms with Crippen LogP contribution in [0.4, 0.5) is 0 Å². The Morgan fingerprint density at radius 2 is 1.30 bits per heavy atom. The first-order valence-electron chi connectivity index (χ1n) is 8.33. The number of rotatable bonds is 10. The maximum Gasteiger partial charge on any atom is 0.312 e. The molecule has 6 heteroatoms. The smallest absolute Gasteiger partial charge is 0.312 e. The summed E-state index contributed by atoms with van der Waals surface area (Å²) < 4.78 is 0. The van der Waals surface area contributed by atoms with Crippen LogP contribution in [0.1, 0.15) is 81.1 Å². The molecule has 0 rings (SSSR count). The van der Waals surface area contributed by atoms with Crippen LogP contribution in [-0.4, -0.2) is 28.1 Å². The van der Waals surface area contributed by atoms with E-state index in [1.165, 1.54) is 0 Å². The van der Waals surface area contributed by atoms with Crippen LogP contribution in [0.3, 0.4) is 0 Å². The lowest BCUT2D eigenvalue weighted by molar-refractivity contribution is -0.550. The summed E-state index contributed by atoms with van der Waals surface area (Å²) in [4.78, 5) is 33.8. The molecule has 1 unspecified atom stereocenters. The Balaban J connectivity index is 5.56. The number of hydrogen-bond donors (Lipinski definition) is 1. The van der Waals surface area contributed by atoms with Crippen LogP contribution < -0.4 is 0 Å². The molecule has 0 heterocycles. The third-order valence-corrected chi connectivity index (χ3v) is 2.87. The predicted octanol–water partition coefficient (Wildman–Crippen LogP) is 4.48. The van der Waals surface area contributed by atoms with Gasteiger partial charge in [-0.05, 0) is 48.0 Å². The Hall–Kier alpha value is -0.690. The minimum absolute atomic E-state index is 0.343. The molecule has 1 atom stereocenters. The first kappa shape index (κ1) is 22.3. The van der Waals surface area contributed by atoms with E-state index in [2.05, 4.69) is 0 Å². The molecule has 0 aromatic rings. The molecule has 0 fully saturated rings. The van der Waals surface area contributed by atoms with Crippen molar-refractivity contribution in [1.29, 1.82) is 0 Å². The van der Waals surface area contributed by atoms with E-state index in [0.29, 0.717) is 25.7 Å². The minimum atomic E-state index is -1.49. The van der Waals surface area contributed by atoms with Gasteiger partial charge in [-0.25, -0.2) is 9.78 Å². The van der Waals surface area contributed by atoms with Crippen LogP contribution in [-0.2, 0) is 24.3 Å². The zero-order chi connectivity index (χ0) is 18.3. The van der Waals surface area contributed by atoms with Crippen molar-refractivity contribution in [2.75, 3.05) is 0 Å². The molecular formula is C17H34O6. The van der Waals surface area contributed by atoms with Crippen molar-refractivity contribution in [3.05, 3.63) is 0 Å². The predicted molar refractivity (Wildman–Crippen MR) is 87.5 cm³/mol. The largest absolute Gasteiger partial charge is 0.481 e. The molecule has 0 aliphatic heterocycles. The summed E-state index contributed by atoms with van der Waals surface area (Å²) in [5.74, 6) is -3.37. The summed E-state index contributed by atoms with van der Waals surface area (Å²) in [5, 5.41) is 9.65. The Labute approximate surface area is 140 Å². The van der Waals surface area contributed by atoms with Crippen molar-refractivity contribution in [3.8, 4) is 0 Å². The third kappa shape index (κ3) is 8.65. The number of carboxylic acids is 1. The quantitative estimate of drug-likeness (QED) is 0.361. The molecule has 23 heavy (non-hydrogen) atoms. The first-order chi connectivity index (χ1) is 10.4. The van der Waals surface area contributed by atoms with Crippen molar-refractivity contribution in [3.63, 3.8) is 0 Å². The molecule has 0 aliphatic rings. The van der Waals surface area contributed by atoms with E-state index in [4.69, 9.17) is 19.6 Å². The lowest BCUT2D eigenvalue weighted by Crippen LogP contribution is -2.49. The van der Waals surface area contributed by atoms with Crippen molar-refractivity contribution in [2.45, 2.75) is 98.1 Å².